The molecule has 0 atom stereocenters. The molecule has 0 saturated heterocycles. The van der Waals surface area contributed by atoms with Crippen LogP contribution in [0, 0.1) is 19.7 Å². The first-order chi connectivity index (χ1) is 9.97. The summed E-state index contributed by atoms with van der Waals surface area (Å²) in [6.45, 7) is 4.73. The first kappa shape index (κ1) is 16.6. The van der Waals surface area contributed by atoms with Crippen molar-refractivity contribution in [1.82, 2.24) is 0 Å². The summed E-state index contributed by atoms with van der Waals surface area (Å²) < 4.78 is 15.2. The number of halogens is 3. The second kappa shape index (κ2) is 7.49. The molecule has 21 heavy (non-hydrogen) atoms. The molecule has 0 spiro atoms. The van der Waals surface area contributed by atoms with Crippen LogP contribution < -0.4 is 5.32 Å². The van der Waals surface area contributed by atoms with Crippen LogP contribution in [0.4, 0.5) is 10.1 Å². The number of rotatable bonds is 4. The van der Waals surface area contributed by atoms with Gasteiger partial charge in [-0.3, -0.25) is 0 Å². The van der Waals surface area contributed by atoms with Gasteiger partial charge >= 0.3 is 138 Å². The van der Waals surface area contributed by atoms with E-state index in [1.165, 1.54) is 23.3 Å². The molecule has 2 aromatic rings. The Bertz CT molecular complexity index is 662. The van der Waals surface area contributed by atoms with Gasteiger partial charge in [-0.2, -0.15) is 0 Å². The van der Waals surface area contributed by atoms with Gasteiger partial charge in [0.15, 0.2) is 0 Å². The quantitative estimate of drug-likeness (QED) is 0.686. The normalized spacial score (nSPS) is 11.2. The number of benzene rings is 2. The van der Waals surface area contributed by atoms with Crippen molar-refractivity contribution < 1.29 is 17.9 Å². The average Bonchev–Trinajstić information content (AvgIpc) is 2.39. The molecule has 0 aliphatic carbocycles. The van der Waals surface area contributed by atoms with Crippen molar-refractivity contribution >= 4 is 29.7 Å². The first-order valence-corrected chi connectivity index (χ1v) is 11.9. The Morgan fingerprint density at radius 2 is 1.81 bits per heavy atom. The van der Waals surface area contributed by atoms with E-state index in [0.717, 1.165) is 16.8 Å². The third kappa shape index (κ3) is 4.61. The van der Waals surface area contributed by atoms with Crippen molar-refractivity contribution in [2.24, 2.45) is 0 Å². The summed E-state index contributed by atoms with van der Waals surface area (Å²) >= 11 is -1.98. The zero-order chi connectivity index (χ0) is 15.4. The molecule has 0 aromatic heterocycles. The average molecular weight is 413 g/mol. The van der Waals surface area contributed by atoms with E-state index >= 15 is 0 Å². The predicted molar refractivity (Wildman–Crippen MR) is 86.5 cm³/mol. The van der Waals surface area contributed by atoms with E-state index in [4.69, 9.17) is 19.4 Å². The van der Waals surface area contributed by atoms with Crippen molar-refractivity contribution in [3.63, 3.8) is 0 Å². The van der Waals surface area contributed by atoms with Gasteiger partial charge in [0.25, 0.3) is 0 Å². The molecule has 0 saturated carbocycles. The zero-order valence-electron chi connectivity index (χ0n) is 11.7. The summed E-state index contributed by atoms with van der Waals surface area (Å²) in [5, 5.41) is 3.42. The van der Waals surface area contributed by atoms with E-state index in [1.807, 2.05) is 6.07 Å². The second-order valence-electron chi connectivity index (χ2n) is 4.77. The molecule has 5 heteroatoms. The van der Waals surface area contributed by atoms with Gasteiger partial charge in [0.05, 0.1) is 0 Å². The summed E-state index contributed by atoms with van der Waals surface area (Å²) in [5.41, 5.74) is 5.24. The molecule has 0 unspecified atom stereocenters. The maximum absolute atomic E-state index is 13.4. The van der Waals surface area contributed by atoms with E-state index in [2.05, 4.69) is 31.3 Å². The molecule has 0 heterocycles. The summed E-state index contributed by atoms with van der Waals surface area (Å²) in [6, 6.07) is 10.9. The van der Waals surface area contributed by atoms with Gasteiger partial charge < -0.3 is 0 Å². The Labute approximate surface area is 137 Å². The molecule has 0 bridgehead atoms. The number of para-hydroxylation sites is 1. The third-order valence-electron chi connectivity index (χ3n) is 3.23. The van der Waals surface area contributed by atoms with Crippen LogP contribution in [0.3, 0.4) is 0 Å². The van der Waals surface area contributed by atoms with Crippen LogP contribution in [-0.2, 0) is 20.1 Å². The van der Waals surface area contributed by atoms with Gasteiger partial charge in [-0.1, -0.05) is 0 Å². The van der Waals surface area contributed by atoms with Crippen LogP contribution in [0.2, 0.25) is 0 Å². The second-order valence-corrected chi connectivity index (χ2v) is 10.5. The Hall–Kier alpha value is -0.757. The van der Waals surface area contributed by atoms with Gasteiger partial charge in [0.2, 0.25) is 0 Å². The molecule has 0 aliphatic rings. The number of hydrogen-bond acceptors (Lipinski definition) is 1. The fraction of sp³-hybridized carbons (Fsp3) is 0.188. The summed E-state index contributed by atoms with van der Waals surface area (Å²) in [4.78, 5) is 0. The number of aryl methyl sites for hydroxylation is 2. The minimum atomic E-state index is -1.98. The van der Waals surface area contributed by atoms with Crippen LogP contribution in [0.25, 0.3) is 0 Å². The Kier molecular flexibility index (Phi) is 5.92. The van der Waals surface area contributed by atoms with Crippen LogP contribution in [0.15, 0.2) is 36.4 Å². The summed E-state index contributed by atoms with van der Waals surface area (Å²) in [6.07, 6.45) is 0. The van der Waals surface area contributed by atoms with Gasteiger partial charge in [-0.05, 0) is 0 Å². The van der Waals surface area contributed by atoms with Crippen molar-refractivity contribution in [3.8, 4) is 0 Å². The van der Waals surface area contributed by atoms with Gasteiger partial charge in [0.1, 0.15) is 0 Å². The molecule has 0 fully saturated rings. The van der Waals surface area contributed by atoms with Gasteiger partial charge in [-0.25, -0.2) is 0 Å². The van der Waals surface area contributed by atoms with E-state index in [9.17, 15) is 4.39 Å². The molecule has 0 aliphatic heterocycles. The predicted octanol–water partition coefficient (Wildman–Crippen LogP) is 5.13. The molecule has 1 N–H and O–H groups in total. The number of anilines is 1. The molecule has 114 valence electrons. The Morgan fingerprint density at radius 1 is 1.14 bits per heavy atom. The van der Waals surface area contributed by atoms with Crippen molar-refractivity contribution in [1.29, 1.82) is 0 Å². The van der Waals surface area contributed by atoms with Crippen LogP contribution in [0.1, 0.15) is 22.3 Å². The van der Waals surface area contributed by atoms with Crippen LogP contribution >= 0.6 is 19.4 Å². The monoisotopic (exact) mass is 413 g/mol. The van der Waals surface area contributed by atoms with E-state index in [-0.39, 0.29) is 5.82 Å². The molecule has 0 amide bonds. The Morgan fingerprint density at radius 3 is 2.43 bits per heavy atom. The maximum atomic E-state index is 13.4. The number of hydrogen-bond donors (Lipinski definition) is 1. The Balaban J connectivity index is 2.26. The molecule has 2 rings (SSSR count). The topological polar surface area (TPSA) is 12.0 Å². The molecule has 2 aromatic carbocycles. The third-order valence-corrected chi connectivity index (χ3v) is 5.06. The van der Waals surface area contributed by atoms with E-state index in [1.54, 1.807) is 10.7 Å². The molecular weight excluding hydrogens is 397 g/mol. The van der Waals surface area contributed by atoms with E-state index in [0.29, 0.717) is 6.54 Å². The fourth-order valence-electron chi connectivity index (χ4n) is 2.18. The standard InChI is InChI=1S/C16H16FN.2ClH.Ru/c1-11-5-4-6-12(2)16(11)18-10-14-7-8-15(17)9-13(14)3;;;/h3-9,18H,10H2,1-2H3;2*1H;/q;;;+2/p-2. The number of nitrogens with one attached hydrogen (secondary N) is 1. The SMILES string of the molecule is Cc1cccc(C)c1NCc1ccc(F)cc1[CH]=[Ru]([Cl])[Cl]. The van der Waals surface area contributed by atoms with Gasteiger partial charge in [-0.15, -0.1) is 0 Å². The van der Waals surface area contributed by atoms with Crippen LogP contribution in [0.5, 0.6) is 0 Å². The fourth-order valence-corrected chi connectivity index (χ4v) is 4.04. The molecule has 0 radical (unpaired) electrons. The van der Waals surface area contributed by atoms with E-state index < -0.39 is 13.5 Å². The van der Waals surface area contributed by atoms with Crippen LogP contribution in [-0.4, -0.2) is 4.61 Å². The molecule has 1 nitrogen and oxygen atoms in total. The molecular formula is C16H16Cl2FNRu. The van der Waals surface area contributed by atoms with Gasteiger partial charge in [0, 0.05) is 0 Å². The summed E-state index contributed by atoms with van der Waals surface area (Å²) in [7, 11) is 11.8. The summed E-state index contributed by atoms with van der Waals surface area (Å²) in [5.74, 6) is -0.277. The zero-order valence-corrected chi connectivity index (χ0v) is 15.0. The van der Waals surface area contributed by atoms with Crippen molar-refractivity contribution in [2.45, 2.75) is 20.4 Å². The first-order valence-electron chi connectivity index (χ1n) is 6.39. The minimum absolute atomic E-state index is 0.277. The van der Waals surface area contributed by atoms with Crippen molar-refractivity contribution in [2.75, 3.05) is 5.32 Å². The van der Waals surface area contributed by atoms with Crippen molar-refractivity contribution in [3.05, 3.63) is 64.5 Å².